The van der Waals surface area contributed by atoms with Crippen LogP contribution in [0, 0.1) is 6.92 Å². The van der Waals surface area contributed by atoms with Gasteiger partial charge in [-0.05, 0) is 61.7 Å². The lowest BCUT2D eigenvalue weighted by molar-refractivity contribution is -0.0567. The van der Waals surface area contributed by atoms with Crippen LogP contribution in [-0.2, 0) is 34.4 Å². The van der Waals surface area contributed by atoms with Gasteiger partial charge in [0.2, 0.25) is 0 Å². The molecule has 2 aliphatic heterocycles. The third-order valence-electron chi connectivity index (χ3n) is 12.0. The van der Waals surface area contributed by atoms with Crippen LogP contribution in [0.3, 0.4) is 0 Å². The van der Waals surface area contributed by atoms with Gasteiger partial charge < -0.3 is 24.6 Å². The molecule has 4 unspecified atom stereocenters. The number of nitrogens with one attached hydrogen (secondary N) is 1. The lowest BCUT2D eigenvalue weighted by Gasteiger charge is -2.43. The monoisotopic (exact) mass is 854 g/mol. The molecule has 316 valence electrons. The first-order chi connectivity index (χ1) is 26.7. The van der Waals surface area contributed by atoms with Crippen molar-refractivity contribution in [2.75, 3.05) is 13.2 Å². The summed E-state index contributed by atoms with van der Waals surface area (Å²) in [7, 11) is -9.52. The normalized spacial score (nSPS) is 22.3. The number of benzene rings is 2. The van der Waals surface area contributed by atoms with Crippen LogP contribution in [0.25, 0.3) is 0 Å². The second-order valence-electron chi connectivity index (χ2n) is 18.2. The summed E-state index contributed by atoms with van der Waals surface area (Å²) >= 11 is 0. The van der Waals surface area contributed by atoms with Crippen LogP contribution in [0.1, 0.15) is 86.0 Å². The van der Waals surface area contributed by atoms with Crippen LogP contribution >= 0.6 is 0 Å². The van der Waals surface area contributed by atoms with Gasteiger partial charge in [0.15, 0.2) is 34.2 Å². The van der Waals surface area contributed by atoms with Gasteiger partial charge >= 0.3 is 5.69 Å². The highest BCUT2D eigenvalue weighted by Gasteiger charge is 2.67. The Balaban J connectivity index is 1.43. The van der Waals surface area contributed by atoms with Gasteiger partial charge in [-0.15, -0.1) is 0 Å². The number of hydrogen-bond acceptors (Lipinski definition) is 11. The average molecular weight is 855 g/mol. The Morgan fingerprint density at radius 1 is 0.897 bits per heavy atom. The molecule has 4 atom stereocenters. The number of ketones is 1. The molecule has 14 nitrogen and oxygen atoms in total. The molecule has 3 N–H and O–H groups in total. The zero-order chi connectivity index (χ0) is 43.2. The van der Waals surface area contributed by atoms with Crippen molar-refractivity contribution in [2.24, 2.45) is 5.73 Å². The van der Waals surface area contributed by atoms with E-state index >= 15 is 0 Å². The van der Waals surface area contributed by atoms with Gasteiger partial charge in [-0.1, -0.05) is 84.0 Å². The molecule has 1 fully saturated rings. The number of carbonyl (C=O) groups excluding carboxylic acids is 2. The number of ether oxygens (including phenoxy) is 1. The van der Waals surface area contributed by atoms with Gasteiger partial charge in [0.25, 0.3) is 21.6 Å². The fourth-order valence-corrected chi connectivity index (χ4v) is 9.93. The molecule has 2 aliphatic rings. The highest BCUT2D eigenvalue weighted by atomic mass is 32.2. The maximum absolute atomic E-state index is 14.4. The number of aryl methyl sites for hydroxylation is 1. The number of aromatic nitrogens is 2. The molecule has 1 saturated heterocycles. The number of carbonyl (C=O) groups is 2. The van der Waals surface area contributed by atoms with Gasteiger partial charge in [-0.2, -0.15) is 8.42 Å². The molecule has 5 rings (SSSR count). The van der Waals surface area contributed by atoms with E-state index < -0.39 is 62.0 Å². The van der Waals surface area contributed by atoms with E-state index in [2.05, 4.69) is 39.2 Å². The fourth-order valence-electron chi connectivity index (χ4n) is 6.42. The number of amides is 1. The van der Waals surface area contributed by atoms with Crippen LogP contribution in [0.5, 0.6) is 0 Å². The van der Waals surface area contributed by atoms with E-state index in [1.54, 1.807) is 55.5 Å². The van der Waals surface area contributed by atoms with Gasteiger partial charge in [0.1, 0.15) is 12.2 Å². The minimum atomic E-state index is -4.29. The summed E-state index contributed by atoms with van der Waals surface area (Å²) in [6.45, 7) is 21.9. The molecular formula is C41H58N4O10SSi2. The molecule has 0 radical (unpaired) electrons. The number of nitrogens with zero attached hydrogens (tertiary/aromatic N) is 2. The van der Waals surface area contributed by atoms with Gasteiger partial charge in [-0.25, -0.2) is 8.98 Å². The van der Waals surface area contributed by atoms with E-state index in [4.69, 9.17) is 23.5 Å². The molecular weight excluding hydrogens is 797 g/mol. The molecule has 0 aliphatic carbocycles. The summed E-state index contributed by atoms with van der Waals surface area (Å²) in [6, 6.07) is 15.2. The van der Waals surface area contributed by atoms with Gasteiger partial charge in [0, 0.05) is 41.5 Å². The maximum Gasteiger partial charge on any atom is 0.333 e. The minimum Gasteiger partial charge on any atom is -0.414 e. The van der Waals surface area contributed by atoms with Crippen molar-refractivity contribution in [2.45, 2.75) is 122 Å². The molecule has 17 heteroatoms. The zero-order valence-electron chi connectivity index (χ0n) is 35.4. The third-order valence-corrected chi connectivity index (χ3v) is 22.0. The number of rotatable bonds is 13. The Morgan fingerprint density at radius 2 is 1.47 bits per heavy atom. The smallest absolute Gasteiger partial charge is 0.333 e. The lowest BCUT2D eigenvalue weighted by atomic mass is 9.89. The maximum atomic E-state index is 14.4. The minimum absolute atomic E-state index is 0.0550. The number of nitrogens with two attached hydrogens (primary N) is 1. The summed E-state index contributed by atoms with van der Waals surface area (Å²) in [4.78, 5) is 53.7. The SMILES string of the molecule is Cc1cn(C2OC(CO[Si](C)(C)C(C)(C)C)C3(OS(=O)(=O)C=C3N)C2O[Si](C)(C)C(C)(C)C)c(=O)n(CCCNC(=O)c2ccc(C(=O)c3ccccc3)cc2)c1=O. The Hall–Kier alpha value is -3.98. The van der Waals surface area contributed by atoms with Crippen molar-refractivity contribution in [3.8, 4) is 0 Å². The predicted octanol–water partition coefficient (Wildman–Crippen LogP) is 5.58. The van der Waals surface area contributed by atoms with E-state index in [0.29, 0.717) is 16.7 Å². The third kappa shape index (κ3) is 8.95. The zero-order valence-corrected chi connectivity index (χ0v) is 38.2. The standard InChI is InChI=1S/C41H58N4O10SSi2/c1-27-24-45(38(49)44(36(27)48)23-15-22-43-35(47)30-20-18-29(19-21-30)33(46)28-16-13-12-14-17-28)37-34(54-58(10,11)40(5,6)7)41(31(42)26-56(50,51)55-41)32(53-37)25-52-57(8,9)39(2,3)4/h12-14,16-21,24,26,32,34,37H,15,22-23,25,42H2,1-11H3,(H,43,47). The molecule has 0 bridgehead atoms. The largest absolute Gasteiger partial charge is 0.414 e. The molecule has 58 heavy (non-hydrogen) atoms. The highest BCUT2D eigenvalue weighted by Crippen LogP contribution is 2.52. The average Bonchev–Trinajstić information content (AvgIpc) is 3.56. The molecule has 0 saturated carbocycles. The molecule has 3 aromatic rings. The Kier molecular flexibility index (Phi) is 12.6. The van der Waals surface area contributed by atoms with Crippen LogP contribution in [-0.4, -0.2) is 76.8 Å². The molecule has 1 spiro atoms. The first-order valence-electron chi connectivity index (χ1n) is 19.4. The predicted molar refractivity (Wildman–Crippen MR) is 227 cm³/mol. The lowest BCUT2D eigenvalue weighted by Crippen LogP contribution is -2.59. The first kappa shape index (κ1) is 45.1. The summed E-state index contributed by atoms with van der Waals surface area (Å²) < 4.78 is 54.8. The highest BCUT2D eigenvalue weighted by molar-refractivity contribution is 7.90. The molecule has 1 aromatic heterocycles. The first-order valence-corrected chi connectivity index (χ1v) is 26.7. The fraction of sp³-hybridized carbons (Fsp3) is 0.512. The van der Waals surface area contributed by atoms with E-state index in [0.717, 1.165) is 9.98 Å². The topological polar surface area (TPSA) is 187 Å². The van der Waals surface area contributed by atoms with Crippen LogP contribution in [0.15, 0.2) is 81.5 Å². The summed E-state index contributed by atoms with van der Waals surface area (Å²) in [6.07, 6.45) is -2.05. The molecule has 2 aromatic carbocycles. The Labute approximate surface area is 343 Å². The van der Waals surface area contributed by atoms with Crippen molar-refractivity contribution in [3.63, 3.8) is 0 Å². The van der Waals surface area contributed by atoms with E-state index in [-0.39, 0.29) is 59.1 Å². The summed E-state index contributed by atoms with van der Waals surface area (Å²) in [5.41, 5.74) is 4.90. The number of hydrogen-bond donors (Lipinski definition) is 2. The molecule has 3 heterocycles. The van der Waals surface area contributed by atoms with Gasteiger partial charge in [0.05, 0.1) is 17.7 Å². The summed E-state index contributed by atoms with van der Waals surface area (Å²) in [5, 5.41) is 3.11. The van der Waals surface area contributed by atoms with Crippen molar-refractivity contribution >= 4 is 38.4 Å². The van der Waals surface area contributed by atoms with Gasteiger partial charge in [-0.3, -0.25) is 23.5 Å². The van der Waals surface area contributed by atoms with E-state index in [1.165, 1.54) is 10.8 Å². The van der Waals surface area contributed by atoms with Crippen molar-refractivity contribution in [1.82, 2.24) is 14.5 Å². The van der Waals surface area contributed by atoms with E-state index in [1.807, 2.05) is 39.9 Å². The Morgan fingerprint density at radius 3 is 2.02 bits per heavy atom. The van der Waals surface area contributed by atoms with Crippen molar-refractivity contribution < 1.29 is 35.8 Å². The molecule has 1 amide bonds. The Bertz CT molecular complexity index is 2290. The van der Waals surface area contributed by atoms with Crippen molar-refractivity contribution in [3.05, 3.63) is 115 Å². The second kappa shape index (κ2) is 16.2. The van der Waals surface area contributed by atoms with Crippen LogP contribution in [0.4, 0.5) is 0 Å². The quantitative estimate of drug-likeness (QED) is 0.0947. The van der Waals surface area contributed by atoms with Crippen molar-refractivity contribution in [1.29, 1.82) is 0 Å². The van der Waals surface area contributed by atoms with E-state index in [9.17, 15) is 27.6 Å². The van der Waals surface area contributed by atoms with Crippen LogP contribution in [0.2, 0.25) is 36.3 Å². The second-order valence-corrected chi connectivity index (χ2v) is 29.1. The van der Waals surface area contributed by atoms with Crippen LogP contribution < -0.4 is 22.3 Å². The summed E-state index contributed by atoms with van der Waals surface area (Å²) in [5.74, 6) is -0.542.